The van der Waals surface area contributed by atoms with Crippen molar-refractivity contribution < 1.29 is 22.7 Å². The molecule has 10 heteroatoms. The molecule has 0 aliphatic heterocycles. The van der Waals surface area contributed by atoms with Crippen LogP contribution < -0.4 is 19.8 Å². The zero-order valence-electron chi connectivity index (χ0n) is 20.0. The van der Waals surface area contributed by atoms with Crippen LogP contribution >= 0.6 is 0 Å². The number of amides is 2. The maximum Gasteiger partial charge on any atom is 0.263 e. The van der Waals surface area contributed by atoms with Gasteiger partial charge in [-0.3, -0.25) is 13.9 Å². The molecule has 0 aromatic heterocycles. The van der Waals surface area contributed by atoms with Crippen molar-refractivity contribution in [3.05, 3.63) is 60.2 Å². The average Bonchev–Trinajstić information content (AvgIpc) is 2.84. The van der Waals surface area contributed by atoms with Crippen molar-refractivity contribution in [2.45, 2.75) is 51.1 Å². The molecule has 3 rings (SSSR count). The minimum Gasteiger partial charge on any atom is -0.484 e. The number of carbonyl (C=O) groups is 2. The van der Waals surface area contributed by atoms with Gasteiger partial charge in [0, 0.05) is 6.04 Å². The molecule has 1 aliphatic carbocycles. The van der Waals surface area contributed by atoms with Gasteiger partial charge in [0.25, 0.3) is 11.8 Å². The fraction of sp³-hybridized carbons (Fsp3) is 0.400. The van der Waals surface area contributed by atoms with E-state index in [0.717, 1.165) is 36.2 Å². The number of para-hydroxylation sites is 1. The zero-order chi connectivity index (χ0) is 25.3. The molecule has 1 saturated carbocycles. The largest absolute Gasteiger partial charge is 0.484 e. The van der Waals surface area contributed by atoms with Gasteiger partial charge < -0.3 is 10.1 Å². The molecule has 0 radical (unpaired) electrons. The van der Waals surface area contributed by atoms with Crippen molar-refractivity contribution in [2.24, 2.45) is 5.10 Å². The lowest BCUT2D eigenvalue weighted by atomic mass is 9.95. The molecule has 2 aromatic rings. The Morgan fingerprint density at radius 3 is 2.37 bits per heavy atom. The van der Waals surface area contributed by atoms with Crippen LogP contribution in [-0.2, 0) is 19.6 Å². The molecular formula is C25H32N4O5S. The van der Waals surface area contributed by atoms with E-state index in [1.807, 2.05) is 0 Å². The molecule has 188 valence electrons. The Hall–Kier alpha value is -3.40. The third-order valence-corrected chi connectivity index (χ3v) is 6.95. The number of hydrogen-bond donors (Lipinski definition) is 2. The van der Waals surface area contributed by atoms with Crippen molar-refractivity contribution in [3.63, 3.8) is 0 Å². The van der Waals surface area contributed by atoms with E-state index in [2.05, 4.69) is 15.8 Å². The first kappa shape index (κ1) is 26.2. The van der Waals surface area contributed by atoms with Crippen molar-refractivity contribution in [1.29, 1.82) is 0 Å². The van der Waals surface area contributed by atoms with Crippen LogP contribution in [0, 0.1) is 0 Å². The lowest BCUT2D eigenvalue weighted by molar-refractivity contribution is -0.124. The Morgan fingerprint density at radius 1 is 1.09 bits per heavy atom. The standard InChI is InChI=1S/C25H32N4O5S/c1-19(29(35(2,32)33)22-11-7-4-8-12-22)25(31)28-26-17-20-13-15-23(16-14-20)34-18-24(30)27-21-9-5-3-6-10-21/h4,7-8,11-17,19,21H,3,5-6,9-10,18H2,1-2H3,(H,27,30)(H,28,31)/b26-17-/t19-/m1/s1. The van der Waals surface area contributed by atoms with Crippen LogP contribution in [0.3, 0.4) is 0 Å². The van der Waals surface area contributed by atoms with Crippen molar-refractivity contribution >= 4 is 33.7 Å². The summed E-state index contributed by atoms with van der Waals surface area (Å²) in [4.78, 5) is 24.6. The van der Waals surface area contributed by atoms with Crippen LogP contribution in [0.2, 0.25) is 0 Å². The molecule has 2 N–H and O–H groups in total. The molecule has 0 spiro atoms. The fourth-order valence-electron chi connectivity index (χ4n) is 3.96. The molecule has 2 aromatic carbocycles. The second kappa shape index (κ2) is 12.3. The topological polar surface area (TPSA) is 117 Å². The summed E-state index contributed by atoms with van der Waals surface area (Å²) in [5.41, 5.74) is 3.47. The van der Waals surface area contributed by atoms with Gasteiger partial charge in [-0.25, -0.2) is 13.8 Å². The highest BCUT2D eigenvalue weighted by atomic mass is 32.2. The van der Waals surface area contributed by atoms with Gasteiger partial charge in [0.15, 0.2) is 6.61 Å². The van der Waals surface area contributed by atoms with Gasteiger partial charge in [-0.1, -0.05) is 37.5 Å². The van der Waals surface area contributed by atoms with Gasteiger partial charge in [-0.2, -0.15) is 5.10 Å². The summed E-state index contributed by atoms with van der Waals surface area (Å²) in [6.45, 7) is 1.45. The lowest BCUT2D eigenvalue weighted by Crippen LogP contribution is -2.46. The molecule has 1 aliphatic rings. The minimum absolute atomic E-state index is 0.0455. The summed E-state index contributed by atoms with van der Waals surface area (Å²) in [5.74, 6) is -0.150. The molecule has 0 bridgehead atoms. The predicted molar refractivity (Wildman–Crippen MR) is 136 cm³/mol. The highest BCUT2D eigenvalue weighted by Gasteiger charge is 2.28. The van der Waals surface area contributed by atoms with E-state index < -0.39 is 22.0 Å². The monoisotopic (exact) mass is 500 g/mol. The van der Waals surface area contributed by atoms with Crippen LogP contribution in [-0.4, -0.2) is 51.4 Å². The van der Waals surface area contributed by atoms with Gasteiger partial charge >= 0.3 is 0 Å². The molecule has 0 heterocycles. The fourth-order valence-corrected chi connectivity index (χ4v) is 5.14. The van der Waals surface area contributed by atoms with Crippen LogP contribution in [0.15, 0.2) is 59.7 Å². The van der Waals surface area contributed by atoms with Crippen LogP contribution in [0.1, 0.15) is 44.6 Å². The Morgan fingerprint density at radius 2 is 1.74 bits per heavy atom. The second-order valence-electron chi connectivity index (χ2n) is 8.56. The molecule has 1 fully saturated rings. The first-order chi connectivity index (χ1) is 16.7. The number of benzene rings is 2. The SMILES string of the molecule is C[C@H](C(=O)N/N=C\c1ccc(OCC(=O)NC2CCCCC2)cc1)N(c1ccccc1)S(C)(=O)=O. The lowest BCUT2D eigenvalue weighted by Gasteiger charge is -2.27. The molecular weight excluding hydrogens is 468 g/mol. The number of anilines is 1. The molecule has 2 amide bonds. The summed E-state index contributed by atoms with van der Waals surface area (Å²) < 4.78 is 31.1. The average molecular weight is 501 g/mol. The molecule has 0 unspecified atom stereocenters. The second-order valence-corrected chi connectivity index (χ2v) is 10.4. The number of ether oxygens (including phenoxy) is 1. The van der Waals surface area contributed by atoms with Crippen molar-refractivity contribution in [3.8, 4) is 5.75 Å². The number of nitrogens with zero attached hydrogens (tertiary/aromatic N) is 2. The van der Waals surface area contributed by atoms with Gasteiger partial charge in [0.2, 0.25) is 10.0 Å². The third kappa shape index (κ3) is 8.10. The molecule has 35 heavy (non-hydrogen) atoms. The third-order valence-electron chi connectivity index (χ3n) is 5.71. The van der Waals surface area contributed by atoms with Gasteiger partial charge in [-0.15, -0.1) is 0 Å². The number of hydrazone groups is 1. The summed E-state index contributed by atoms with van der Waals surface area (Å²) >= 11 is 0. The van der Waals surface area contributed by atoms with E-state index in [1.54, 1.807) is 54.6 Å². The number of carbonyl (C=O) groups excluding carboxylic acids is 2. The van der Waals surface area contributed by atoms with Crippen LogP contribution in [0.25, 0.3) is 0 Å². The van der Waals surface area contributed by atoms with E-state index in [4.69, 9.17) is 4.74 Å². The Labute approximate surface area is 206 Å². The van der Waals surface area contributed by atoms with E-state index in [9.17, 15) is 18.0 Å². The van der Waals surface area contributed by atoms with Gasteiger partial charge in [-0.05, 0) is 61.7 Å². The van der Waals surface area contributed by atoms with Gasteiger partial charge in [0.05, 0.1) is 18.2 Å². The highest BCUT2D eigenvalue weighted by molar-refractivity contribution is 7.92. The smallest absolute Gasteiger partial charge is 0.263 e. The predicted octanol–water partition coefficient (Wildman–Crippen LogP) is 2.82. The summed E-state index contributed by atoms with van der Waals surface area (Å²) in [7, 11) is -3.69. The van der Waals surface area contributed by atoms with Crippen LogP contribution in [0.4, 0.5) is 5.69 Å². The quantitative estimate of drug-likeness (QED) is 0.384. The minimum atomic E-state index is -3.69. The maximum absolute atomic E-state index is 12.6. The normalized spacial score (nSPS) is 15.4. The first-order valence-electron chi connectivity index (χ1n) is 11.6. The van der Waals surface area contributed by atoms with E-state index in [1.165, 1.54) is 19.6 Å². The van der Waals surface area contributed by atoms with Crippen molar-refractivity contribution in [2.75, 3.05) is 17.2 Å². The Kier molecular flexibility index (Phi) is 9.25. The summed E-state index contributed by atoms with van der Waals surface area (Å²) in [5, 5.41) is 6.95. The van der Waals surface area contributed by atoms with Crippen molar-refractivity contribution in [1.82, 2.24) is 10.7 Å². The Balaban J connectivity index is 1.49. The number of nitrogens with one attached hydrogen (secondary N) is 2. The van der Waals surface area contributed by atoms with E-state index >= 15 is 0 Å². The summed E-state index contributed by atoms with van der Waals surface area (Å²) in [6.07, 6.45) is 8.07. The molecule has 1 atom stereocenters. The summed E-state index contributed by atoms with van der Waals surface area (Å²) in [6, 6.07) is 14.5. The molecule has 0 saturated heterocycles. The molecule has 9 nitrogen and oxygen atoms in total. The maximum atomic E-state index is 12.6. The zero-order valence-corrected chi connectivity index (χ0v) is 20.8. The highest BCUT2D eigenvalue weighted by Crippen LogP contribution is 2.20. The number of rotatable bonds is 10. The Bertz CT molecular complexity index is 1110. The number of hydrogen-bond acceptors (Lipinski definition) is 6. The van der Waals surface area contributed by atoms with E-state index in [-0.39, 0.29) is 18.6 Å². The van der Waals surface area contributed by atoms with Crippen LogP contribution in [0.5, 0.6) is 5.75 Å². The van der Waals surface area contributed by atoms with Gasteiger partial charge in [0.1, 0.15) is 11.8 Å². The number of sulfonamides is 1. The van der Waals surface area contributed by atoms with E-state index in [0.29, 0.717) is 17.0 Å². The first-order valence-corrected chi connectivity index (χ1v) is 13.5.